The minimum absolute atomic E-state index is 0.0146. The number of halogens is 12. The van der Waals surface area contributed by atoms with Crippen molar-refractivity contribution in [1.82, 2.24) is 5.06 Å². The Morgan fingerprint density at radius 1 is 0.604 bits per heavy atom. The third-order valence-electron chi connectivity index (χ3n) is 8.12. The standard InChI is InChI=1S/C18H15S.C10H8F3NO5S.C5H3F9/c1-4-10-16(11-5-1)19(17-12-6-2-7-13-17)18-14-8-3-9-15-18;11-10(12,13)20(17,18)19-14-8(15)6-4-1-2-5(3-4)7(6)9(14)16;1-2(6,7)3(8,9)4(10,11)5(12,13)14/h1-15H;1-2,4-7H,3H2;1H3/q+1;;. The van der Waals surface area contributed by atoms with Gasteiger partial charge in [-0.1, -0.05) is 66.7 Å². The lowest BCUT2D eigenvalue weighted by atomic mass is 9.85. The van der Waals surface area contributed by atoms with Crippen molar-refractivity contribution in [2.45, 2.75) is 57.5 Å². The van der Waals surface area contributed by atoms with Crippen molar-refractivity contribution < 1.29 is 75.0 Å². The van der Waals surface area contributed by atoms with Crippen molar-refractivity contribution in [1.29, 1.82) is 0 Å². The molecule has 6 nitrogen and oxygen atoms in total. The number of amides is 2. The minimum Gasteiger partial charge on any atom is -0.272 e. The number of hydrogen-bond acceptors (Lipinski definition) is 5. The van der Waals surface area contributed by atoms with Gasteiger partial charge in [-0.3, -0.25) is 9.59 Å². The molecule has 3 aliphatic rings. The number of hydroxylamine groups is 2. The van der Waals surface area contributed by atoms with Crippen LogP contribution in [0, 0.1) is 23.7 Å². The van der Waals surface area contributed by atoms with Gasteiger partial charge in [-0.2, -0.15) is 61.1 Å². The quantitative estimate of drug-likeness (QED) is 0.0784. The molecule has 4 atom stereocenters. The summed E-state index contributed by atoms with van der Waals surface area (Å²) in [4.78, 5) is 27.9. The number of imide groups is 1. The van der Waals surface area contributed by atoms with Crippen molar-refractivity contribution >= 4 is 32.8 Å². The lowest BCUT2D eigenvalue weighted by Gasteiger charge is -2.31. The topological polar surface area (TPSA) is 80.8 Å². The average Bonchev–Trinajstić information content (AvgIpc) is 3.76. The molecule has 0 radical (unpaired) electrons. The molecule has 3 aromatic carbocycles. The molecule has 0 spiro atoms. The van der Waals surface area contributed by atoms with Crippen LogP contribution in [0.1, 0.15) is 13.3 Å². The Labute approximate surface area is 296 Å². The second-order valence-electron chi connectivity index (χ2n) is 11.7. The molecule has 0 aromatic heterocycles. The summed E-state index contributed by atoms with van der Waals surface area (Å²) in [5.74, 6) is -22.9. The van der Waals surface area contributed by atoms with Gasteiger partial charge in [0.2, 0.25) is 0 Å². The summed E-state index contributed by atoms with van der Waals surface area (Å²) in [6, 6.07) is 32.2. The van der Waals surface area contributed by atoms with Gasteiger partial charge in [-0.05, 0) is 54.7 Å². The molecule has 4 unspecified atom stereocenters. The second kappa shape index (κ2) is 15.0. The van der Waals surface area contributed by atoms with Crippen molar-refractivity contribution in [3.8, 4) is 0 Å². The summed E-state index contributed by atoms with van der Waals surface area (Å²) in [6.07, 6.45) is -2.71. The molecule has 20 heteroatoms. The fourth-order valence-corrected chi connectivity index (χ4v) is 8.15. The highest BCUT2D eigenvalue weighted by Gasteiger charge is 2.80. The first-order valence-corrected chi connectivity index (χ1v) is 17.6. The summed E-state index contributed by atoms with van der Waals surface area (Å²) in [5.41, 5.74) is -5.69. The summed E-state index contributed by atoms with van der Waals surface area (Å²) < 4.78 is 167. The first-order chi connectivity index (χ1) is 24.3. The molecule has 1 saturated carbocycles. The zero-order valence-electron chi connectivity index (χ0n) is 26.7. The highest BCUT2D eigenvalue weighted by atomic mass is 32.2. The lowest BCUT2D eigenvalue weighted by molar-refractivity contribution is -0.393. The van der Waals surface area contributed by atoms with Crippen LogP contribution in [0.5, 0.6) is 0 Å². The number of hydrogen-bond donors (Lipinski definition) is 0. The van der Waals surface area contributed by atoms with Gasteiger partial charge in [0.1, 0.15) is 0 Å². The van der Waals surface area contributed by atoms with Crippen LogP contribution in [-0.4, -0.2) is 54.7 Å². The van der Waals surface area contributed by atoms with Crippen LogP contribution in [0.4, 0.5) is 52.7 Å². The largest absolute Gasteiger partial charge is 0.525 e. The van der Waals surface area contributed by atoms with Gasteiger partial charge in [-0.15, -0.1) is 9.35 Å². The second-order valence-corrected chi connectivity index (χ2v) is 15.3. The lowest BCUT2D eigenvalue weighted by Crippen LogP contribution is -2.59. The number of benzene rings is 3. The van der Waals surface area contributed by atoms with Gasteiger partial charge in [0, 0.05) is 6.92 Å². The van der Waals surface area contributed by atoms with Crippen LogP contribution in [0.2, 0.25) is 0 Å². The van der Waals surface area contributed by atoms with E-state index in [0.717, 1.165) is 0 Å². The normalized spacial score (nSPS) is 21.6. The zero-order valence-corrected chi connectivity index (χ0v) is 28.3. The Morgan fingerprint density at radius 2 is 0.943 bits per heavy atom. The Bertz CT molecular complexity index is 1740. The predicted octanol–water partition coefficient (Wildman–Crippen LogP) is 8.83. The van der Waals surface area contributed by atoms with Crippen molar-refractivity contribution in [3.63, 3.8) is 0 Å². The van der Waals surface area contributed by atoms with Crippen molar-refractivity contribution in [2.75, 3.05) is 0 Å². The maximum absolute atomic E-state index is 12.2. The summed E-state index contributed by atoms with van der Waals surface area (Å²) in [6.45, 7) is -0.716. The number of allylic oxidation sites excluding steroid dienone is 2. The highest BCUT2D eigenvalue weighted by molar-refractivity contribution is 7.97. The number of alkyl halides is 12. The fourth-order valence-electron chi connectivity index (χ4n) is 5.62. The van der Waals surface area contributed by atoms with Crippen LogP contribution in [-0.2, 0) is 34.9 Å². The fraction of sp³-hybridized carbons (Fsp3) is 0.333. The molecule has 1 aliphatic heterocycles. The van der Waals surface area contributed by atoms with E-state index >= 15 is 0 Å². The molecular weight excluding hydrogens is 782 g/mol. The third kappa shape index (κ3) is 8.38. The van der Waals surface area contributed by atoms with Gasteiger partial charge in [0.05, 0.1) is 22.7 Å². The highest BCUT2D eigenvalue weighted by Crippen LogP contribution is 2.54. The predicted molar refractivity (Wildman–Crippen MR) is 164 cm³/mol. The van der Waals surface area contributed by atoms with Crippen molar-refractivity contribution in [3.05, 3.63) is 103 Å². The van der Waals surface area contributed by atoms with Gasteiger partial charge in [0.25, 0.3) is 11.8 Å². The number of nitrogens with zero attached hydrogens (tertiary/aromatic N) is 1. The third-order valence-corrected chi connectivity index (χ3v) is 11.3. The first kappa shape index (κ1) is 41.7. The summed E-state index contributed by atoms with van der Waals surface area (Å²) in [5, 5.41) is -0.246. The van der Waals surface area contributed by atoms with E-state index in [1.165, 1.54) is 14.7 Å². The molecule has 6 rings (SSSR count). The van der Waals surface area contributed by atoms with E-state index in [9.17, 15) is 70.7 Å². The molecule has 2 aliphatic carbocycles. The Balaban J connectivity index is 0.000000181. The van der Waals surface area contributed by atoms with E-state index in [1.54, 1.807) is 12.2 Å². The van der Waals surface area contributed by atoms with Crippen LogP contribution in [0.15, 0.2) is 118 Å². The van der Waals surface area contributed by atoms with Gasteiger partial charge >= 0.3 is 39.6 Å². The van der Waals surface area contributed by atoms with Gasteiger partial charge in [0.15, 0.2) is 14.7 Å². The summed E-state index contributed by atoms with van der Waals surface area (Å²) in [7, 11) is -6.04. The average molecular weight is 809 g/mol. The van der Waals surface area contributed by atoms with E-state index in [1.807, 2.05) is 0 Å². The smallest absolute Gasteiger partial charge is 0.272 e. The monoisotopic (exact) mass is 808 g/mol. The van der Waals surface area contributed by atoms with E-state index < -0.39 is 70.1 Å². The van der Waals surface area contributed by atoms with Gasteiger partial charge in [-0.25, -0.2) is 0 Å². The maximum atomic E-state index is 12.2. The molecule has 0 N–H and O–H groups in total. The van der Waals surface area contributed by atoms with E-state index in [0.29, 0.717) is 6.42 Å². The Kier molecular flexibility index (Phi) is 11.8. The first-order valence-electron chi connectivity index (χ1n) is 15.0. The molecule has 2 amide bonds. The molecule has 2 bridgehead atoms. The molecule has 1 heterocycles. The molecular formula is C33H26F12NO5S2+. The van der Waals surface area contributed by atoms with E-state index in [4.69, 9.17) is 0 Å². The summed E-state index contributed by atoms with van der Waals surface area (Å²) >= 11 is 0. The number of rotatable bonds is 7. The van der Waals surface area contributed by atoms with Crippen LogP contribution in [0.25, 0.3) is 0 Å². The molecule has 3 aromatic rings. The van der Waals surface area contributed by atoms with Crippen LogP contribution in [0.3, 0.4) is 0 Å². The Hall–Kier alpha value is -4.04. The number of carbonyl (C=O) groups excluding carboxylic acids is 2. The van der Waals surface area contributed by atoms with Crippen molar-refractivity contribution in [2.24, 2.45) is 23.7 Å². The van der Waals surface area contributed by atoms with E-state index in [2.05, 4.69) is 95.3 Å². The Morgan fingerprint density at radius 3 is 1.21 bits per heavy atom. The number of fused-ring (bicyclic) bond motifs is 5. The molecule has 53 heavy (non-hydrogen) atoms. The molecule has 288 valence electrons. The van der Waals surface area contributed by atoms with Crippen LogP contribution < -0.4 is 0 Å². The SMILES string of the molecule is CC(F)(F)C(F)(F)C(F)(F)C(F)(F)F.O=C1C2C3C=CC(C3)C2C(=O)N1OS(=O)(=O)C(F)(F)F.c1ccc([S+](c2ccccc2)c2ccccc2)cc1. The minimum atomic E-state index is -6.77. The van der Waals surface area contributed by atoms with Gasteiger partial charge < -0.3 is 0 Å². The zero-order chi connectivity index (χ0) is 39.8. The molecule has 1 saturated heterocycles. The van der Waals surface area contributed by atoms with E-state index in [-0.39, 0.29) is 27.8 Å². The molecule has 2 fully saturated rings. The van der Waals surface area contributed by atoms with Crippen LogP contribution >= 0.6 is 0 Å². The maximum Gasteiger partial charge on any atom is 0.525 e. The number of carbonyl (C=O) groups is 2.